The van der Waals surface area contributed by atoms with Crippen LogP contribution in [0.2, 0.25) is 0 Å². The number of furan rings is 1. The second-order valence-electron chi connectivity index (χ2n) is 4.05. The molecule has 0 aliphatic heterocycles. The van der Waals surface area contributed by atoms with Crippen molar-refractivity contribution in [3.05, 3.63) is 64.1 Å². The van der Waals surface area contributed by atoms with Gasteiger partial charge in [-0.15, -0.1) is 0 Å². The number of nitro groups is 1. The van der Waals surface area contributed by atoms with Crippen LogP contribution in [0.3, 0.4) is 0 Å². The third kappa shape index (κ3) is 3.93. The molecule has 0 bridgehead atoms. The lowest BCUT2D eigenvalue weighted by molar-refractivity contribution is -0.386. The highest BCUT2D eigenvalue weighted by molar-refractivity contribution is 5.89. The highest BCUT2D eigenvalue weighted by atomic mass is 16.6. The first kappa shape index (κ1) is 14.3. The molecule has 1 heterocycles. The van der Waals surface area contributed by atoms with Gasteiger partial charge in [0.1, 0.15) is 18.1 Å². The van der Waals surface area contributed by atoms with Gasteiger partial charge >= 0.3 is 5.69 Å². The minimum Gasteiger partial charge on any atom is -0.479 e. The molecule has 2 N–H and O–H groups in total. The van der Waals surface area contributed by atoms with Crippen molar-refractivity contribution in [1.29, 1.82) is 0 Å². The van der Waals surface area contributed by atoms with Crippen LogP contribution in [-0.4, -0.2) is 10.8 Å². The molecule has 21 heavy (non-hydrogen) atoms. The van der Waals surface area contributed by atoms with E-state index in [1.807, 2.05) is 0 Å². The summed E-state index contributed by atoms with van der Waals surface area (Å²) in [7, 11) is 0. The van der Waals surface area contributed by atoms with Crippen molar-refractivity contribution < 1.29 is 18.9 Å². The van der Waals surface area contributed by atoms with Gasteiger partial charge in [-0.05, 0) is 24.3 Å². The van der Waals surface area contributed by atoms with E-state index in [1.165, 1.54) is 24.3 Å². The predicted molar refractivity (Wildman–Crippen MR) is 74.4 cm³/mol. The van der Waals surface area contributed by atoms with Crippen molar-refractivity contribution in [2.75, 3.05) is 0 Å². The smallest absolute Gasteiger partial charge is 0.310 e. The summed E-state index contributed by atoms with van der Waals surface area (Å²) in [5.74, 6) is 0.490. The number of primary amides is 1. The zero-order valence-corrected chi connectivity index (χ0v) is 10.9. The Morgan fingerprint density at radius 1 is 1.33 bits per heavy atom. The van der Waals surface area contributed by atoms with Gasteiger partial charge in [-0.2, -0.15) is 0 Å². The quantitative estimate of drug-likeness (QED) is 0.498. The Hall–Kier alpha value is -3.09. The summed E-state index contributed by atoms with van der Waals surface area (Å²) in [5, 5.41) is 10.8. The summed E-state index contributed by atoms with van der Waals surface area (Å²) in [5.41, 5.74) is 4.86. The van der Waals surface area contributed by atoms with Crippen molar-refractivity contribution in [2.45, 2.75) is 6.61 Å². The number of para-hydroxylation sites is 2. The summed E-state index contributed by atoms with van der Waals surface area (Å²) in [6.07, 6.45) is 2.60. The van der Waals surface area contributed by atoms with Gasteiger partial charge < -0.3 is 14.9 Å². The van der Waals surface area contributed by atoms with Crippen LogP contribution in [0.25, 0.3) is 6.08 Å². The van der Waals surface area contributed by atoms with Crippen LogP contribution in [-0.2, 0) is 11.4 Å². The molecule has 1 aromatic heterocycles. The van der Waals surface area contributed by atoms with Gasteiger partial charge in [0.2, 0.25) is 5.91 Å². The highest BCUT2D eigenvalue weighted by Crippen LogP contribution is 2.26. The summed E-state index contributed by atoms with van der Waals surface area (Å²) in [6, 6.07) is 9.36. The van der Waals surface area contributed by atoms with Crippen LogP contribution in [0.5, 0.6) is 5.75 Å². The van der Waals surface area contributed by atoms with Crippen molar-refractivity contribution >= 4 is 17.7 Å². The molecule has 0 aliphatic carbocycles. The van der Waals surface area contributed by atoms with E-state index in [0.29, 0.717) is 11.5 Å². The maximum absolute atomic E-state index is 10.8. The van der Waals surface area contributed by atoms with Crippen molar-refractivity contribution in [2.24, 2.45) is 5.73 Å². The number of hydrogen-bond acceptors (Lipinski definition) is 5. The van der Waals surface area contributed by atoms with Gasteiger partial charge in [0.25, 0.3) is 0 Å². The molecule has 0 saturated heterocycles. The van der Waals surface area contributed by atoms with E-state index >= 15 is 0 Å². The third-order valence-electron chi connectivity index (χ3n) is 2.53. The zero-order chi connectivity index (χ0) is 15.2. The van der Waals surface area contributed by atoms with E-state index < -0.39 is 10.8 Å². The van der Waals surface area contributed by atoms with Crippen LogP contribution >= 0.6 is 0 Å². The minimum absolute atomic E-state index is 0.0370. The lowest BCUT2D eigenvalue weighted by Gasteiger charge is -2.04. The van der Waals surface area contributed by atoms with Gasteiger partial charge in [0, 0.05) is 12.1 Å². The molecule has 7 nitrogen and oxygen atoms in total. The number of benzene rings is 1. The van der Waals surface area contributed by atoms with Crippen molar-refractivity contribution in [3.63, 3.8) is 0 Å². The van der Waals surface area contributed by atoms with Gasteiger partial charge in [-0.1, -0.05) is 12.1 Å². The molecule has 0 saturated carbocycles. The molecular weight excluding hydrogens is 276 g/mol. The van der Waals surface area contributed by atoms with Crippen LogP contribution in [0.4, 0.5) is 5.69 Å². The number of amides is 1. The molecule has 108 valence electrons. The second kappa shape index (κ2) is 6.38. The maximum Gasteiger partial charge on any atom is 0.310 e. The minimum atomic E-state index is -0.580. The fourth-order valence-electron chi connectivity index (χ4n) is 1.60. The molecule has 7 heteroatoms. The maximum atomic E-state index is 10.8. The fourth-order valence-corrected chi connectivity index (χ4v) is 1.60. The van der Waals surface area contributed by atoms with Crippen LogP contribution in [0.15, 0.2) is 46.9 Å². The number of carbonyl (C=O) groups excluding carboxylic acids is 1. The first-order valence-electron chi connectivity index (χ1n) is 5.98. The average molecular weight is 288 g/mol. The molecule has 0 aliphatic rings. The Kier molecular flexibility index (Phi) is 4.35. The summed E-state index contributed by atoms with van der Waals surface area (Å²) < 4.78 is 10.7. The van der Waals surface area contributed by atoms with Crippen LogP contribution < -0.4 is 10.5 Å². The average Bonchev–Trinajstić information content (AvgIpc) is 2.91. The molecule has 2 aromatic rings. The van der Waals surface area contributed by atoms with Gasteiger partial charge in [0.05, 0.1) is 4.92 Å². The Morgan fingerprint density at radius 3 is 2.81 bits per heavy atom. The van der Waals surface area contributed by atoms with Crippen LogP contribution in [0.1, 0.15) is 11.5 Å². The second-order valence-corrected chi connectivity index (χ2v) is 4.05. The molecule has 1 amide bonds. The largest absolute Gasteiger partial charge is 0.479 e. The van der Waals surface area contributed by atoms with Crippen molar-refractivity contribution in [3.8, 4) is 5.75 Å². The summed E-state index contributed by atoms with van der Waals surface area (Å²) in [4.78, 5) is 20.9. The third-order valence-corrected chi connectivity index (χ3v) is 2.53. The zero-order valence-electron chi connectivity index (χ0n) is 10.9. The number of nitrogens with two attached hydrogens (primary N) is 1. The standard InChI is InChI=1S/C14H12N2O5/c15-14(17)8-7-10-5-6-11(21-10)9-20-13-4-2-1-3-12(13)16(18)19/h1-8H,9H2,(H2,15,17)/b8-7-. The van der Waals surface area contributed by atoms with E-state index in [1.54, 1.807) is 24.3 Å². The fraction of sp³-hybridized carbons (Fsp3) is 0.0714. The molecule has 0 spiro atoms. The molecule has 0 fully saturated rings. The number of ether oxygens (including phenoxy) is 1. The Labute approximate surface area is 119 Å². The van der Waals surface area contributed by atoms with Crippen molar-refractivity contribution in [1.82, 2.24) is 0 Å². The Balaban J connectivity index is 2.04. The van der Waals surface area contributed by atoms with Gasteiger partial charge in [-0.3, -0.25) is 14.9 Å². The van der Waals surface area contributed by atoms with E-state index in [0.717, 1.165) is 0 Å². The van der Waals surface area contributed by atoms with Gasteiger partial charge in [-0.25, -0.2) is 0 Å². The molecule has 0 unspecified atom stereocenters. The molecule has 2 rings (SSSR count). The molecular formula is C14H12N2O5. The lowest BCUT2D eigenvalue weighted by Crippen LogP contribution is -2.04. The first-order chi connectivity index (χ1) is 10.1. The number of hydrogen-bond donors (Lipinski definition) is 1. The molecule has 1 aromatic carbocycles. The molecule has 0 atom stereocenters. The van der Waals surface area contributed by atoms with E-state index in [2.05, 4.69) is 0 Å². The topological polar surface area (TPSA) is 109 Å². The Morgan fingerprint density at radius 2 is 2.10 bits per heavy atom. The Bertz CT molecular complexity index is 690. The number of nitro benzene ring substituents is 1. The van der Waals surface area contributed by atoms with Gasteiger partial charge in [0.15, 0.2) is 5.75 Å². The predicted octanol–water partition coefficient (Wildman–Crippen LogP) is 2.27. The normalized spacial score (nSPS) is 10.7. The van der Waals surface area contributed by atoms with E-state index in [-0.39, 0.29) is 18.0 Å². The van der Waals surface area contributed by atoms with E-state index in [9.17, 15) is 14.9 Å². The SMILES string of the molecule is NC(=O)/C=C\c1ccc(COc2ccccc2[N+](=O)[O-])o1. The monoisotopic (exact) mass is 288 g/mol. The summed E-state index contributed by atoms with van der Waals surface area (Å²) in [6.45, 7) is 0.0370. The number of nitrogens with zero attached hydrogens (tertiary/aromatic N) is 1. The highest BCUT2D eigenvalue weighted by Gasteiger charge is 2.14. The molecule has 0 radical (unpaired) electrons. The number of rotatable bonds is 6. The van der Waals surface area contributed by atoms with Crippen LogP contribution in [0, 0.1) is 10.1 Å². The number of carbonyl (C=O) groups is 1. The summed E-state index contributed by atoms with van der Waals surface area (Å²) >= 11 is 0. The lowest BCUT2D eigenvalue weighted by atomic mass is 10.3. The first-order valence-corrected chi connectivity index (χ1v) is 5.98. The van der Waals surface area contributed by atoms with E-state index in [4.69, 9.17) is 14.9 Å².